The molecule has 4 rings (SSSR count). The Hall–Kier alpha value is -3.05. The summed E-state index contributed by atoms with van der Waals surface area (Å²) in [6, 6.07) is 25.3. The van der Waals surface area contributed by atoms with E-state index < -0.39 is 0 Å². The minimum atomic E-state index is -0.376. The molecule has 0 aliphatic heterocycles. The maximum absolute atomic E-state index is 12.4. The SMILES string of the molecule is O=C(OCc1ccccc1)c1cc2cc(OCc3ccccc3CBr)ccc2[nH]1. The lowest BCUT2D eigenvalue weighted by Gasteiger charge is -2.09. The first-order valence-corrected chi connectivity index (χ1v) is 10.4. The van der Waals surface area contributed by atoms with Gasteiger partial charge in [0.2, 0.25) is 0 Å². The molecule has 146 valence electrons. The average molecular weight is 450 g/mol. The summed E-state index contributed by atoms with van der Waals surface area (Å²) in [5.41, 5.74) is 4.60. The monoisotopic (exact) mass is 449 g/mol. The van der Waals surface area contributed by atoms with Crippen molar-refractivity contribution < 1.29 is 14.3 Å². The van der Waals surface area contributed by atoms with Gasteiger partial charge in [0, 0.05) is 16.2 Å². The number of rotatable bonds is 7. The third-order valence-corrected chi connectivity index (χ3v) is 5.29. The van der Waals surface area contributed by atoms with Crippen LogP contribution < -0.4 is 4.74 Å². The Morgan fingerprint density at radius 1 is 0.862 bits per heavy atom. The number of fused-ring (bicyclic) bond motifs is 1. The van der Waals surface area contributed by atoms with Crippen molar-refractivity contribution in [2.45, 2.75) is 18.5 Å². The van der Waals surface area contributed by atoms with Gasteiger partial charge in [-0.05, 0) is 41.0 Å². The Labute approximate surface area is 177 Å². The zero-order chi connectivity index (χ0) is 20.1. The van der Waals surface area contributed by atoms with Crippen LogP contribution in [0.5, 0.6) is 5.75 Å². The van der Waals surface area contributed by atoms with E-state index in [1.165, 1.54) is 5.56 Å². The van der Waals surface area contributed by atoms with Crippen LogP contribution in [-0.4, -0.2) is 11.0 Å². The highest BCUT2D eigenvalue weighted by atomic mass is 79.9. The van der Waals surface area contributed by atoms with Crippen molar-refractivity contribution in [2.24, 2.45) is 0 Å². The summed E-state index contributed by atoms with van der Waals surface area (Å²) >= 11 is 3.51. The number of H-pyrrole nitrogens is 1. The highest BCUT2D eigenvalue weighted by molar-refractivity contribution is 9.08. The molecule has 0 aliphatic rings. The molecule has 4 nitrogen and oxygen atoms in total. The van der Waals surface area contributed by atoms with Crippen molar-refractivity contribution in [3.8, 4) is 5.75 Å². The molecule has 0 radical (unpaired) electrons. The summed E-state index contributed by atoms with van der Waals surface area (Å²) in [7, 11) is 0. The fraction of sp³-hybridized carbons (Fsp3) is 0.125. The number of alkyl halides is 1. The highest BCUT2D eigenvalue weighted by Gasteiger charge is 2.12. The van der Waals surface area contributed by atoms with E-state index in [1.54, 1.807) is 6.07 Å². The maximum Gasteiger partial charge on any atom is 0.355 e. The van der Waals surface area contributed by atoms with E-state index in [0.717, 1.165) is 33.1 Å². The predicted octanol–water partition coefficient (Wildman–Crippen LogP) is 6.00. The van der Waals surface area contributed by atoms with Crippen LogP contribution in [0.2, 0.25) is 0 Å². The van der Waals surface area contributed by atoms with Gasteiger partial charge in [0.15, 0.2) is 0 Å². The molecule has 0 aliphatic carbocycles. The molecule has 0 saturated heterocycles. The van der Waals surface area contributed by atoms with Crippen LogP contribution in [0.25, 0.3) is 10.9 Å². The smallest absolute Gasteiger partial charge is 0.355 e. The maximum atomic E-state index is 12.4. The summed E-state index contributed by atoms with van der Waals surface area (Å²) in [5.74, 6) is 0.379. The number of aromatic nitrogens is 1. The van der Waals surface area contributed by atoms with E-state index in [1.807, 2.05) is 60.7 Å². The first-order valence-electron chi connectivity index (χ1n) is 9.32. The van der Waals surface area contributed by atoms with Crippen molar-refractivity contribution in [1.82, 2.24) is 4.98 Å². The Morgan fingerprint density at radius 2 is 1.62 bits per heavy atom. The van der Waals surface area contributed by atoms with Gasteiger partial charge in [-0.2, -0.15) is 0 Å². The second-order valence-corrected chi connectivity index (χ2v) is 7.25. The molecule has 3 aromatic carbocycles. The van der Waals surface area contributed by atoms with E-state index >= 15 is 0 Å². The molecule has 0 amide bonds. The Morgan fingerprint density at radius 3 is 2.41 bits per heavy atom. The number of halogens is 1. The molecule has 1 aromatic heterocycles. The Balaban J connectivity index is 1.44. The molecule has 0 spiro atoms. The molecule has 1 heterocycles. The molecular weight excluding hydrogens is 430 g/mol. The number of benzene rings is 3. The first kappa shape index (κ1) is 19.3. The molecule has 0 bridgehead atoms. The lowest BCUT2D eigenvalue weighted by atomic mass is 10.1. The molecule has 5 heteroatoms. The summed E-state index contributed by atoms with van der Waals surface area (Å²) in [5, 5.41) is 1.70. The fourth-order valence-corrected chi connectivity index (χ4v) is 3.65. The van der Waals surface area contributed by atoms with Crippen LogP contribution in [-0.2, 0) is 23.3 Å². The molecule has 29 heavy (non-hydrogen) atoms. The molecule has 1 N–H and O–H groups in total. The van der Waals surface area contributed by atoms with Gasteiger partial charge in [-0.25, -0.2) is 4.79 Å². The predicted molar refractivity (Wildman–Crippen MR) is 117 cm³/mol. The number of carbonyl (C=O) groups excluding carboxylic acids is 1. The number of nitrogens with one attached hydrogen (secondary N) is 1. The zero-order valence-electron chi connectivity index (χ0n) is 15.7. The van der Waals surface area contributed by atoms with Crippen molar-refractivity contribution in [3.05, 3.63) is 101 Å². The second kappa shape index (κ2) is 8.97. The van der Waals surface area contributed by atoms with Crippen molar-refractivity contribution in [2.75, 3.05) is 0 Å². The topological polar surface area (TPSA) is 51.3 Å². The molecular formula is C24H20BrNO3. The number of hydrogen-bond donors (Lipinski definition) is 1. The van der Waals surface area contributed by atoms with Crippen molar-refractivity contribution in [3.63, 3.8) is 0 Å². The van der Waals surface area contributed by atoms with Crippen LogP contribution in [0.15, 0.2) is 78.9 Å². The van der Waals surface area contributed by atoms with Crippen LogP contribution in [0, 0.1) is 0 Å². The van der Waals surface area contributed by atoms with Gasteiger partial charge in [0.1, 0.15) is 24.7 Å². The fourth-order valence-electron chi connectivity index (χ4n) is 3.10. The summed E-state index contributed by atoms with van der Waals surface area (Å²) < 4.78 is 11.4. The normalized spacial score (nSPS) is 10.8. The summed E-state index contributed by atoms with van der Waals surface area (Å²) in [6.07, 6.45) is 0. The lowest BCUT2D eigenvalue weighted by Crippen LogP contribution is -2.05. The van der Waals surface area contributed by atoms with Crippen molar-refractivity contribution in [1.29, 1.82) is 0 Å². The van der Waals surface area contributed by atoms with Gasteiger partial charge in [-0.1, -0.05) is 70.5 Å². The highest BCUT2D eigenvalue weighted by Crippen LogP contribution is 2.24. The van der Waals surface area contributed by atoms with Gasteiger partial charge in [0.25, 0.3) is 0 Å². The molecule has 0 atom stereocenters. The quantitative estimate of drug-likeness (QED) is 0.278. The minimum absolute atomic E-state index is 0.246. The summed E-state index contributed by atoms with van der Waals surface area (Å²) in [6.45, 7) is 0.736. The van der Waals surface area contributed by atoms with E-state index in [9.17, 15) is 4.79 Å². The first-order chi connectivity index (χ1) is 14.2. The number of hydrogen-bond acceptors (Lipinski definition) is 3. The van der Waals surface area contributed by atoms with Crippen LogP contribution in [0.4, 0.5) is 0 Å². The zero-order valence-corrected chi connectivity index (χ0v) is 17.3. The number of carbonyl (C=O) groups is 1. The van der Waals surface area contributed by atoms with Gasteiger partial charge in [-0.3, -0.25) is 0 Å². The van der Waals surface area contributed by atoms with Crippen LogP contribution >= 0.6 is 15.9 Å². The van der Waals surface area contributed by atoms with E-state index in [-0.39, 0.29) is 12.6 Å². The number of ether oxygens (including phenoxy) is 2. The largest absolute Gasteiger partial charge is 0.489 e. The standard InChI is InChI=1S/C24H20BrNO3/c25-14-18-8-4-5-9-19(18)16-28-21-10-11-22-20(12-21)13-23(26-22)24(27)29-15-17-6-2-1-3-7-17/h1-13,26H,14-16H2. The second-order valence-electron chi connectivity index (χ2n) is 6.68. The van der Waals surface area contributed by atoms with Gasteiger partial charge in [-0.15, -0.1) is 0 Å². The lowest BCUT2D eigenvalue weighted by molar-refractivity contribution is 0.0467. The third kappa shape index (κ3) is 4.69. The molecule has 0 unspecified atom stereocenters. The molecule has 0 saturated carbocycles. The minimum Gasteiger partial charge on any atom is -0.489 e. The average Bonchev–Trinajstić information content (AvgIpc) is 3.20. The number of esters is 1. The van der Waals surface area contributed by atoms with Crippen molar-refractivity contribution >= 4 is 32.8 Å². The Bertz CT molecular complexity index is 1120. The summed E-state index contributed by atoms with van der Waals surface area (Å²) in [4.78, 5) is 15.5. The third-order valence-electron chi connectivity index (χ3n) is 4.68. The van der Waals surface area contributed by atoms with E-state index in [4.69, 9.17) is 9.47 Å². The van der Waals surface area contributed by atoms with E-state index in [0.29, 0.717) is 12.3 Å². The van der Waals surface area contributed by atoms with E-state index in [2.05, 4.69) is 33.0 Å². The van der Waals surface area contributed by atoms with Crippen LogP contribution in [0.3, 0.4) is 0 Å². The van der Waals surface area contributed by atoms with Gasteiger partial charge < -0.3 is 14.5 Å². The molecule has 0 fully saturated rings. The van der Waals surface area contributed by atoms with Crippen LogP contribution in [0.1, 0.15) is 27.2 Å². The molecule has 4 aromatic rings. The Kier molecular flexibility index (Phi) is 5.96. The van der Waals surface area contributed by atoms with Gasteiger partial charge >= 0.3 is 5.97 Å². The van der Waals surface area contributed by atoms with Gasteiger partial charge in [0.05, 0.1) is 0 Å². The number of aromatic amines is 1.